The molecule has 2 aliphatic carbocycles. The van der Waals surface area contributed by atoms with Crippen LogP contribution < -0.4 is 9.80 Å². The third-order valence-corrected chi connectivity index (χ3v) is 10.7. The van der Waals surface area contributed by atoms with E-state index in [1.165, 1.54) is 78.4 Å². The fourth-order valence-electron chi connectivity index (χ4n) is 8.64. The molecule has 3 aliphatic rings. The van der Waals surface area contributed by atoms with Gasteiger partial charge < -0.3 is 9.80 Å². The molecule has 0 saturated carbocycles. The number of para-hydroxylation sites is 2. The second-order valence-electron chi connectivity index (χ2n) is 13.0. The van der Waals surface area contributed by atoms with E-state index in [1.807, 2.05) is 0 Å². The minimum absolute atomic E-state index is 0.307. The highest BCUT2D eigenvalue weighted by Crippen LogP contribution is 2.63. The second-order valence-corrected chi connectivity index (χ2v) is 13.0. The van der Waals surface area contributed by atoms with Crippen LogP contribution in [-0.4, -0.2) is 7.05 Å². The number of anilines is 5. The van der Waals surface area contributed by atoms with Gasteiger partial charge in [-0.25, -0.2) is 0 Å². The van der Waals surface area contributed by atoms with E-state index in [9.17, 15) is 0 Å². The number of fused-ring (bicyclic) bond motifs is 12. The lowest BCUT2D eigenvalue weighted by atomic mass is 9.70. The lowest BCUT2D eigenvalue weighted by molar-refractivity contribution is 0.793. The molecule has 7 aromatic rings. The van der Waals surface area contributed by atoms with Gasteiger partial charge in [0.1, 0.15) is 0 Å². The maximum atomic E-state index is 2.40. The van der Waals surface area contributed by atoms with E-state index < -0.39 is 0 Å². The summed E-state index contributed by atoms with van der Waals surface area (Å²) in [7, 11) is 2.18. The van der Waals surface area contributed by atoms with Crippen molar-refractivity contribution in [2.45, 2.75) is 11.8 Å². The van der Waals surface area contributed by atoms with Crippen LogP contribution in [0.5, 0.6) is 0 Å². The van der Waals surface area contributed by atoms with Gasteiger partial charge in [0.2, 0.25) is 0 Å². The minimum atomic E-state index is -0.307. The van der Waals surface area contributed by atoms with Gasteiger partial charge in [-0.3, -0.25) is 0 Å². The summed E-state index contributed by atoms with van der Waals surface area (Å²) in [6, 6.07) is 60.6. The zero-order valence-electron chi connectivity index (χ0n) is 26.2. The number of hydrogen-bond donors (Lipinski definition) is 0. The molecule has 0 N–H and O–H groups in total. The standard InChI is InChI=1S/C45H32N2/c1-46(32-22-24-33(25-23-32)47-43-20-10-2-12-30(43)28-31-13-3-11-21-44(31)47)34-26-27-42-38(29-34)37-16-6-9-19-41(37)45(42)39-17-7-4-14-35(39)36-15-5-8-18-40(36)45/h2-27,29H,28H2,1H3. The summed E-state index contributed by atoms with van der Waals surface area (Å²) in [5.41, 5.74) is 19.2. The summed E-state index contributed by atoms with van der Waals surface area (Å²) in [6.45, 7) is 0. The number of hydrogen-bond acceptors (Lipinski definition) is 2. The van der Waals surface area contributed by atoms with Gasteiger partial charge in [0.15, 0.2) is 0 Å². The molecule has 2 nitrogen and oxygen atoms in total. The Morgan fingerprint density at radius 2 is 0.894 bits per heavy atom. The normalized spacial score (nSPS) is 14.1. The highest BCUT2D eigenvalue weighted by atomic mass is 15.2. The van der Waals surface area contributed by atoms with Crippen molar-refractivity contribution in [3.05, 3.63) is 197 Å². The van der Waals surface area contributed by atoms with Gasteiger partial charge in [0, 0.05) is 41.9 Å². The molecule has 0 unspecified atom stereocenters. The van der Waals surface area contributed by atoms with Gasteiger partial charge in [0.05, 0.1) is 5.41 Å². The van der Waals surface area contributed by atoms with Crippen LogP contribution in [0.15, 0.2) is 164 Å². The smallest absolute Gasteiger partial charge is 0.0725 e. The molecule has 1 spiro atoms. The van der Waals surface area contributed by atoms with Crippen LogP contribution in [0.2, 0.25) is 0 Å². The Bertz CT molecular complexity index is 2280. The fourth-order valence-corrected chi connectivity index (χ4v) is 8.64. The van der Waals surface area contributed by atoms with E-state index in [2.05, 4.69) is 181 Å². The number of nitrogens with zero attached hydrogens (tertiary/aromatic N) is 2. The topological polar surface area (TPSA) is 6.48 Å². The summed E-state index contributed by atoms with van der Waals surface area (Å²) in [4.78, 5) is 4.72. The van der Waals surface area contributed by atoms with Crippen molar-refractivity contribution in [3.63, 3.8) is 0 Å². The molecule has 10 rings (SSSR count). The molecule has 0 atom stereocenters. The van der Waals surface area contributed by atoms with Crippen LogP contribution >= 0.6 is 0 Å². The predicted octanol–water partition coefficient (Wildman–Crippen LogP) is 11.2. The Kier molecular flexibility index (Phi) is 5.51. The van der Waals surface area contributed by atoms with Gasteiger partial charge in [-0.15, -0.1) is 0 Å². The number of benzene rings is 7. The molecular formula is C45H32N2. The first-order valence-corrected chi connectivity index (χ1v) is 16.5. The van der Waals surface area contributed by atoms with Gasteiger partial charge in [-0.2, -0.15) is 0 Å². The first-order valence-electron chi connectivity index (χ1n) is 16.5. The molecule has 7 aromatic carbocycles. The van der Waals surface area contributed by atoms with E-state index >= 15 is 0 Å². The average molecular weight is 601 g/mol. The molecule has 0 saturated heterocycles. The third kappa shape index (κ3) is 3.56. The van der Waals surface area contributed by atoms with Gasteiger partial charge in [-0.1, -0.05) is 115 Å². The predicted molar refractivity (Wildman–Crippen MR) is 195 cm³/mol. The SMILES string of the molecule is CN(c1ccc(N2c3ccccc3Cc3ccccc32)cc1)c1ccc2c(c1)-c1ccccc1C21c2ccccc2-c2ccccc21. The van der Waals surface area contributed by atoms with Crippen LogP contribution in [0, 0.1) is 0 Å². The van der Waals surface area contributed by atoms with E-state index in [1.54, 1.807) is 0 Å². The second kappa shape index (κ2) is 9.82. The molecule has 2 heteroatoms. The summed E-state index contributed by atoms with van der Waals surface area (Å²) in [5.74, 6) is 0. The van der Waals surface area contributed by atoms with Crippen LogP contribution in [0.3, 0.4) is 0 Å². The molecule has 0 aromatic heterocycles. The maximum absolute atomic E-state index is 2.40. The van der Waals surface area contributed by atoms with Gasteiger partial charge in [-0.05, 0) is 104 Å². The van der Waals surface area contributed by atoms with Crippen molar-refractivity contribution in [3.8, 4) is 22.3 Å². The lowest BCUT2D eigenvalue weighted by Crippen LogP contribution is -2.25. The van der Waals surface area contributed by atoms with Crippen LogP contribution in [0.4, 0.5) is 28.4 Å². The summed E-state index contributed by atoms with van der Waals surface area (Å²) < 4.78 is 0. The molecule has 0 amide bonds. The molecule has 1 heterocycles. The Morgan fingerprint density at radius 3 is 1.47 bits per heavy atom. The van der Waals surface area contributed by atoms with Gasteiger partial charge in [0.25, 0.3) is 0 Å². The molecule has 47 heavy (non-hydrogen) atoms. The molecular weight excluding hydrogens is 569 g/mol. The van der Waals surface area contributed by atoms with Crippen molar-refractivity contribution in [1.82, 2.24) is 0 Å². The lowest BCUT2D eigenvalue weighted by Gasteiger charge is -2.33. The van der Waals surface area contributed by atoms with E-state index in [4.69, 9.17) is 0 Å². The minimum Gasteiger partial charge on any atom is -0.345 e. The summed E-state index contributed by atoms with van der Waals surface area (Å²) >= 11 is 0. The van der Waals surface area contributed by atoms with Crippen LogP contribution in [-0.2, 0) is 11.8 Å². The Hall–Kier alpha value is -5.86. The summed E-state index contributed by atoms with van der Waals surface area (Å²) in [6.07, 6.45) is 0.962. The largest absolute Gasteiger partial charge is 0.345 e. The van der Waals surface area contributed by atoms with E-state index in [0.29, 0.717) is 0 Å². The fraction of sp³-hybridized carbons (Fsp3) is 0.0667. The first kappa shape index (κ1) is 26.4. The molecule has 0 fully saturated rings. The molecule has 0 radical (unpaired) electrons. The van der Waals surface area contributed by atoms with Crippen LogP contribution in [0.1, 0.15) is 33.4 Å². The van der Waals surface area contributed by atoms with Crippen molar-refractivity contribution >= 4 is 28.4 Å². The van der Waals surface area contributed by atoms with Crippen molar-refractivity contribution in [2.75, 3.05) is 16.8 Å². The quantitative estimate of drug-likeness (QED) is 0.199. The maximum Gasteiger partial charge on any atom is 0.0725 e. The van der Waals surface area contributed by atoms with Crippen molar-refractivity contribution < 1.29 is 0 Å². The number of rotatable bonds is 3. The first-order chi connectivity index (χ1) is 23.2. The Morgan fingerprint density at radius 1 is 0.447 bits per heavy atom. The Balaban J connectivity index is 1.07. The van der Waals surface area contributed by atoms with Crippen molar-refractivity contribution in [1.29, 1.82) is 0 Å². The Labute approximate surface area is 275 Å². The van der Waals surface area contributed by atoms with E-state index in [0.717, 1.165) is 12.1 Å². The average Bonchev–Trinajstić information content (AvgIpc) is 3.61. The van der Waals surface area contributed by atoms with Crippen molar-refractivity contribution in [2.24, 2.45) is 0 Å². The third-order valence-electron chi connectivity index (χ3n) is 10.7. The molecule has 0 bridgehead atoms. The van der Waals surface area contributed by atoms with Crippen LogP contribution in [0.25, 0.3) is 22.3 Å². The zero-order valence-corrected chi connectivity index (χ0v) is 26.2. The monoisotopic (exact) mass is 600 g/mol. The zero-order chi connectivity index (χ0) is 31.1. The molecule has 1 aliphatic heterocycles. The highest BCUT2D eigenvalue weighted by Gasteiger charge is 2.51. The van der Waals surface area contributed by atoms with Gasteiger partial charge >= 0.3 is 0 Å². The van der Waals surface area contributed by atoms with E-state index in [-0.39, 0.29) is 5.41 Å². The molecule has 222 valence electrons. The highest BCUT2D eigenvalue weighted by molar-refractivity contribution is 5.96. The summed E-state index contributed by atoms with van der Waals surface area (Å²) in [5, 5.41) is 0.